The van der Waals surface area contributed by atoms with Gasteiger partial charge in [-0.25, -0.2) is 4.98 Å². The molecule has 1 aromatic carbocycles. The Morgan fingerprint density at radius 1 is 1.29 bits per heavy atom. The number of halogens is 1. The number of hydrogen-bond acceptors (Lipinski definition) is 5. The number of hydrogen-bond donors (Lipinski definition) is 2. The first-order valence-corrected chi connectivity index (χ1v) is 7.06. The Morgan fingerprint density at radius 3 is 2.76 bits per heavy atom. The van der Waals surface area contributed by atoms with Gasteiger partial charge >= 0.3 is 5.69 Å². The Balaban J connectivity index is 2.13. The third-order valence-electron chi connectivity index (χ3n) is 2.73. The fraction of sp³-hybridized carbons (Fsp3) is 0.143. The minimum Gasteiger partial charge on any atom is -0.366 e. The second-order valence-corrected chi connectivity index (χ2v) is 5.15. The maximum absolute atomic E-state index is 10.9. The molecule has 0 saturated carbocycles. The van der Waals surface area contributed by atoms with Crippen LogP contribution in [0.4, 0.5) is 17.3 Å². The third kappa shape index (κ3) is 4.16. The summed E-state index contributed by atoms with van der Waals surface area (Å²) in [5, 5.41) is 16.8. The molecule has 0 bridgehead atoms. The summed E-state index contributed by atoms with van der Waals surface area (Å²) in [6.45, 7) is 4.51. The average Bonchev–Trinajstić information content (AvgIpc) is 2.45. The molecule has 0 spiro atoms. The van der Waals surface area contributed by atoms with E-state index in [0.29, 0.717) is 18.9 Å². The van der Waals surface area contributed by atoms with Crippen LogP contribution in [0.1, 0.15) is 5.56 Å². The van der Waals surface area contributed by atoms with Crippen LogP contribution < -0.4 is 10.6 Å². The third-order valence-corrected chi connectivity index (χ3v) is 3.22. The molecule has 7 heteroatoms. The van der Waals surface area contributed by atoms with Crippen LogP contribution in [-0.2, 0) is 6.54 Å². The number of nitrogens with one attached hydrogen (secondary N) is 2. The number of benzene rings is 1. The molecular formula is C14H14BrN4O2. The van der Waals surface area contributed by atoms with Crippen LogP contribution >= 0.6 is 15.9 Å². The average molecular weight is 350 g/mol. The van der Waals surface area contributed by atoms with Crippen LogP contribution in [0.15, 0.2) is 40.9 Å². The standard InChI is InChI=1S/C14H14BrN4O2/c1-2-16-14-12(19(20)21)6-7-13(18-14)17-9-10-4-3-5-11(15)8-10/h3-8H,1-2,9H2,(H2,16,17,18). The molecule has 2 rings (SSSR count). The van der Waals surface area contributed by atoms with Crippen molar-refractivity contribution < 1.29 is 4.92 Å². The number of rotatable bonds is 6. The van der Waals surface area contributed by atoms with Crippen molar-refractivity contribution in [3.05, 3.63) is 63.5 Å². The highest BCUT2D eigenvalue weighted by Crippen LogP contribution is 2.24. The zero-order valence-electron chi connectivity index (χ0n) is 11.2. The normalized spacial score (nSPS) is 10.2. The molecule has 1 aromatic heterocycles. The van der Waals surface area contributed by atoms with Gasteiger partial charge < -0.3 is 10.6 Å². The summed E-state index contributed by atoms with van der Waals surface area (Å²) in [5.41, 5.74) is 1.02. The lowest BCUT2D eigenvalue weighted by molar-refractivity contribution is -0.384. The van der Waals surface area contributed by atoms with Gasteiger partial charge in [0.1, 0.15) is 5.82 Å². The van der Waals surface area contributed by atoms with E-state index in [0.717, 1.165) is 10.0 Å². The molecule has 21 heavy (non-hydrogen) atoms. The summed E-state index contributed by atoms with van der Waals surface area (Å²) in [7, 11) is 0. The fourth-order valence-corrected chi connectivity index (χ4v) is 2.23. The number of aromatic nitrogens is 1. The van der Waals surface area contributed by atoms with Gasteiger partial charge in [0.25, 0.3) is 0 Å². The van der Waals surface area contributed by atoms with Crippen molar-refractivity contribution >= 4 is 33.3 Å². The topological polar surface area (TPSA) is 80.1 Å². The molecule has 0 aliphatic heterocycles. The van der Waals surface area contributed by atoms with Crippen LogP contribution in [0.25, 0.3) is 0 Å². The van der Waals surface area contributed by atoms with E-state index in [9.17, 15) is 10.1 Å². The Bertz CT molecular complexity index is 649. The lowest BCUT2D eigenvalue weighted by Crippen LogP contribution is -2.07. The predicted molar refractivity (Wildman–Crippen MR) is 86.2 cm³/mol. The first-order chi connectivity index (χ1) is 10.1. The maximum atomic E-state index is 10.9. The first kappa shape index (κ1) is 15.2. The van der Waals surface area contributed by atoms with Gasteiger partial charge in [0, 0.05) is 23.6 Å². The second-order valence-electron chi connectivity index (χ2n) is 4.23. The van der Waals surface area contributed by atoms with Gasteiger partial charge in [-0.15, -0.1) is 0 Å². The highest BCUT2D eigenvalue weighted by molar-refractivity contribution is 9.10. The molecule has 1 radical (unpaired) electrons. The van der Waals surface area contributed by atoms with Gasteiger partial charge in [-0.1, -0.05) is 28.1 Å². The molecule has 2 aromatic rings. The Kier molecular flexibility index (Phi) is 5.10. The number of anilines is 2. The second kappa shape index (κ2) is 7.03. The predicted octanol–water partition coefficient (Wildman–Crippen LogP) is 3.61. The zero-order valence-corrected chi connectivity index (χ0v) is 12.8. The monoisotopic (exact) mass is 349 g/mol. The summed E-state index contributed by atoms with van der Waals surface area (Å²) in [4.78, 5) is 14.6. The first-order valence-electron chi connectivity index (χ1n) is 6.27. The summed E-state index contributed by atoms with van der Waals surface area (Å²) in [6.07, 6.45) is 0. The molecule has 1 heterocycles. The highest BCUT2D eigenvalue weighted by Gasteiger charge is 2.15. The Hall–Kier alpha value is -2.15. The maximum Gasteiger partial charge on any atom is 0.311 e. The van der Waals surface area contributed by atoms with Crippen LogP contribution in [-0.4, -0.2) is 16.5 Å². The molecule has 2 N–H and O–H groups in total. The van der Waals surface area contributed by atoms with Crippen molar-refractivity contribution in [2.75, 3.05) is 17.2 Å². The summed E-state index contributed by atoms with van der Waals surface area (Å²) in [6, 6.07) is 10.9. The molecule has 0 aliphatic rings. The van der Waals surface area contributed by atoms with E-state index in [1.165, 1.54) is 6.07 Å². The van der Waals surface area contributed by atoms with Crippen LogP contribution in [0, 0.1) is 17.0 Å². The molecular weight excluding hydrogens is 336 g/mol. The SMILES string of the molecule is [CH2]CNc1nc(NCc2cccc(Br)c2)ccc1[N+](=O)[O-]. The van der Waals surface area contributed by atoms with E-state index < -0.39 is 4.92 Å². The molecule has 0 unspecified atom stereocenters. The lowest BCUT2D eigenvalue weighted by Gasteiger charge is -2.09. The molecule has 0 amide bonds. The largest absolute Gasteiger partial charge is 0.366 e. The van der Waals surface area contributed by atoms with E-state index in [4.69, 9.17) is 0 Å². The molecule has 6 nitrogen and oxygen atoms in total. The Labute approximate surface area is 130 Å². The van der Waals surface area contributed by atoms with Crippen LogP contribution in [0.2, 0.25) is 0 Å². The van der Waals surface area contributed by atoms with Gasteiger partial charge in [0.2, 0.25) is 5.82 Å². The summed E-state index contributed by atoms with van der Waals surface area (Å²) < 4.78 is 0.998. The lowest BCUT2D eigenvalue weighted by atomic mass is 10.2. The van der Waals surface area contributed by atoms with Crippen molar-refractivity contribution in [1.82, 2.24) is 4.98 Å². The van der Waals surface area contributed by atoms with Crippen LogP contribution in [0.5, 0.6) is 0 Å². The number of nitrogens with zero attached hydrogens (tertiary/aromatic N) is 2. The number of nitro groups is 1. The van der Waals surface area contributed by atoms with Gasteiger partial charge in [0.15, 0.2) is 0 Å². The molecule has 109 valence electrons. The number of pyridine rings is 1. The van der Waals surface area contributed by atoms with E-state index in [1.54, 1.807) is 6.07 Å². The summed E-state index contributed by atoms with van der Waals surface area (Å²) in [5.74, 6) is 0.783. The van der Waals surface area contributed by atoms with E-state index in [1.807, 2.05) is 24.3 Å². The minimum absolute atomic E-state index is 0.0633. The van der Waals surface area contributed by atoms with E-state index in [2.05, 4.69) is 38.5 Å². The van der Waals surface area contributed by atoms with Crippen molar-refractivity contribution in [3.63, 3.8) is 0 Å². The van der Waals surface area contributed by atoms with Crippen molar-refractivity contribution in [3.8, 4) is 0 Å². The van der Waals surface area contributed by atoms with Crippen molar-refractivity contribution in [2.45, 2.75) is 6.54 Å². The van der Waals surface area contributed by atoms with Gasteiger partial charge in [-0.2, -0.15) is 0 Å². The summed E-state index contributed by atoms with van der Waals surface area (Å²) >= 11 is 3.41. The molecule has 0 fully saturated rings. The van der Waals surface area contributed by atoms with E-state index in [-0.39, 0.29) is 11.5 Å². The fourth-order valence-electron chi connectivity index (χ4n) is 1.79. The van der Waals surface area contributed by atoms with Crippen molar-refractivity contribution in [2.24, 2.45) is 0 Å². The van der Waals surface area contributed by atoms with Gasteiger partial charge in [-0.3, -0.25) is 10.1 Å². The molecule has 0 saturated heterocycles. The Morgan fingerprint density at radius 2 is 2.10 bits per heavy atom. The van der Waals surface area contributed by atoms with E-state index >= 15 is 0 Å². The van der Waals surface area contributed by atoms with Crippen LogP contribution in [0.3, 0.4) is 0 Å². The zero-order chi connectivity index (χ0) is 15.2. The molecule has 0 atom stereocenters. The smallest absolute Gasteiger partial charge is 0.311 e. The molecule has 0 aliphatic carbocycles. The van der Waals surface area contributed by atoms with Gasteiger partial charge in [-0.05, 0) is 30.7 Å². The van der Waals surface area contributed by atoms with Gasteiger partial charge in [0.05, 0.1) is 4.92 Å². The minimum atomic E-state index is -0.469. The highest BCUT2D eigenvalue weighted by atomic mass is 79.9. The quantitative estimate of drug-likeness (QED) is 0.615. The van der Waals surface area contributed by atoms with Crippen molar-refractivity contribution in [1.29, 1.82) is 0 Å².